The predicted molar refractivity (Wildman–Crippen MR) is 158 cm³/mol. The molecule has 0 radical (unpaired) electrons. The zero-order valence-electron chi connectivity index (χ0n) is 22.0. The number of carboxylic acid groups (broad SMARTS) is 1. The number of benzene rings is 3. The number of nitrogens with two attached hydrogens (primary N) is 1. The summed E-state index contributed by atoms with van der Waals surface area (Å²) in [5.41, 5.74) is 13.0. The van der Waals surface area contributed by atoms with E-state index < -0.39 is 5.97 Å². The van der Waals surface area contributed by atoms with Crippen molar-refractivity contribution in [1.82, 2.24) is 24.7 Å². The highest BCUT2D eigenvalue weighted by Gasteiger charge is 2.14. The number of carboxylic acids is 1. The Morgan fingerprint density at radius 3 is 2.32 bits per heavy atom. The molecule has 204 valence electrons. The predicted octanol–water partition coefficient (Wildman–Crippen LogP) is 6.57. The van der Waals surface area contributed by atoms with Gasteiger partial charge >= 0.3 is 12.0 Å². The first-order valence-electron chi connectivity index (χ1n) is 12.9. The van der Waals surface area contributed by atoms with Gasteiger partial charge in [0.1, 0.15) is 5.75 Å². The SMILES string of the molecule is Cc1ccc(Oc2nc3nc(-c4ccc(-c5ccc(-c6ccn(CCN)n6)cc5)cc4)c(Cl)cc3[nH]2)cc1C(=O)O. The Kier molecular flexibility index (Phi) is 6.96. The Hall–Kier alpha value is -4.99. The van der Waals surface area contributed by atoms with E-state index in [1.165, 1.54) is 6.07 Å². The van der Waals surface area contributed by atoms with Gasteiger partial charge in [-0.05, 0) is 47.9 Å². The van der Waals surface area contributed by atoms with Crippen LogP contribution in [0.5, 0.6) is 11.8 Å². The van der Waals surface area contributed by atoms with Crippen LogP contribution in [0.2, 0.25) is 5.02 Å². The lowest BCUT2D eigenvalue weighted by Gasteiger charge is -2.07. The molecular weight excluding hydrogens is 540 g/mol. The Morgan fingerprint density at radius 2 is 1.63 bits per heavy atom. The maximum Gasteiger partial charge on any atom is 0.336 e. The van der Waals surface area contributed by atoms with E-state index in [2.05, 4.69) is 44.3 Å². The molecule has 4 N–H and O–H groups in total. The second-order valence-electron chi connectivity index (χ2n) is 9.52. The van der Waals surface area contributed by atoms with E-state index in [4.69, 9.17) is 22.1 Å². The Balaban J connectivity index is 1.22. The van der Waals surface area contributed by atoms with Crippen LogP contribution in [-0.2, 0) is 6.54 Å². The third-order valence-corrected chi connectivity index (χ3v) is 7.02. The van der Waals surface area contributed by atoms with Crippen LogP contribution in [0.3, 0.4) is 0 Å². The van der Waals surface area contributed by atoms with E-state index in [1.807, 2.05) is 41.2 Å². The number of H-pyrrole nitrogens is 1. The van der Waals surface area contributed by atoms with Crippen LogP contribution >= 0.6 is 11.6 Å². The maximum absolute atomic E-state index is 11.5. The van der Waals surface area contributed by atoms with Crippen molar-refractivity contribution in [3.05, 3.63) is 101 Å². The Bertz CT molecular complexity index is 1880. The van der Waals surface area contributed by atoms with Crippen LogP contribution in [-0.4, -0.2) is 42.4 Å². The molecule has 0 aliphatic rings. The van der Waals surface area contributed by atoms with E-state index in [0.29, 0.717) is 46.3 Å². The monoisotopic (exact) mass is 564 g/mol. The highest BCUT2D eigenvalue weighted by molar-refractivity contribution is 6.33. The van der Waals surface area contributed by atoms with E-state index >= 15 is 0 Å². The molecule has 0 bridgehead atoms. The lowest BCUT2D eigenvalue weighted by atomic mass is 10.0. The van der Waals surface area contributed by atoms with Gasteiger partial charge in [0, 0.05) is 23.9 Å². The fraction of sp³-hybridized carbons (Fsp3) is 0.0968. The molecule has 0 saturated carbocycles. The molecule has 0 atom stereocenters. The van der Waals surface area contributed by atoms with Crippen molar-refractivity contribution in [2.75, 3.05) is 6.54 Å². The quantitative estimate of drug-likeness (QED) is 0.190. The molecule has 0 unspecified atom stereocenters. The first-order valence-corrected chi connectivity index (χ1v) is 13.3. The first kappa shape index (κ1) is 26.2. The number of carbonyl (C=O) groups is 1. The van der Waals surface area contributed by atoms with Gasteiger partial charge in [-0.1, -0.05) is 66.2 Å². The second-order valence-corrected chi connectivity index (χ2v) is 9.93. The highest BCUT2D eigenvalue weighted by Crippen LogP contribution is 2.32. The number of aromatic nitrogens is 5. The molecule has 3 aromatic heterocycles. The molecule has 0 aliphatic heterocycles. The number of rotatable bonds is 8. The van der Waals surface area contributed by atoms with Gasteiger partial charge in [0.2, 0.25) is 0 Å². The molecule has 9 nitrogen and oxygen atoms in total. The summed E-state index contributed by atoms with van der Waals surface area (Å²) >= 11 is 6.60. The number of hydrogen-bond acceptors (Lipinski definition) is 6. The average molecular weight is 565 g/mol. The minimum atomic E-state index is -1.02. The summed E-state index contributed by atoms with van der Waals surface area (Å²) in [6.07, 6.45) is 1.93. The highest BCUT2D eigenvalue weighted by atomic mass is 35.5. The van der Waals surface area contributed by atoms with Crippen molar-refractivity contribution < 1.29 is 14.6 Å². The van der Waals surface area contributed by atoms with Crippen LogP contribution in [0.25, 0.3) is 44.8 Å². The molecule has 3 heterocycles. The van der Waals surface area contributed by atoms with Crippen LogP contribution in [0.15, 0.2) is 85.1 Å². The average Bonchev–Trinajstić information content (AvgIpc) is 3.60. The lowest BCUT2D eigenvalue weighted by molar-refractivity contribution is 0.0695. The molecular formula is C31H25ClN6O3. The van der Waals surface area contributed by atoms with Gasteiger partial charge in [0.05, 0.1) is 34.0 Å². The molecule has 0 amide bonds. The van der Waals surface area contributed by atoms with Gasteiger partial charge in [0.25, 0.3) is 0 Å². The summed E-state index contributed by atoms with van der Waals surface area (Å²) in [6.45, 7) is 2.97. The molecule has 0 fully saturated rings. The van der Waals surface area contributed by atoms with Gasteiger partial charge in [-0.15, -0.1) is 0 Å². The van der Waals surface area contributed by atoms with Crippen LogP contribution in [0, 0.1) is 6.92 Å². The summed E-state index contributed by atoms with van der Waals surface area (Å²) in [4.78, 5) is 23.6. The van der Waals surface area contributed by atoms with Gasteiger partial charge < -0.3 is 20.6 Å². The van der Waals surface area contributed by atoms with Crippen molar-refractivity contribution in [2.24, 2.45) is 5.73 Å². The molecule has 6 aromatic rings. The number of halogens is 1. The number of aromatic amines is 1. The number of aryl methyl sites for hydroxylation is 1. The summed E-state index contributed by atoms with van der Waals surface area (Å²) in [5.74, 6) is -0.673. The Labute approximate surface area is 240 Å². The summed E-state index contributed by atoms with van der Waals surface area (Å²) in [5, 5.41) is 14.4. The molecule has 0 aliphatic carbocycles. The van der Waals surface area contributed by atoms with Gasteiger partial charge in [-0.3, -0.25) is 4.68 Å². The van der Waals surface area contributed by atoms with E-state index in [1.54, 1.807) is 25.1 Å². The topological polar surface area (TPSA) is 132 Å². The normalized spacial score (nSPS) is 11.2. The summed E-state index contributed by atoms with van der Waals surface area (Å²) in [7, 11) is 0. The summed E-state index contributed by atoms with van der Waals surface area (Å²) < 4.78 is 7.63. The van der Waals surface area contributed by atoms with Crippen molar-refractivity contribution >= 4 is 28.7 Å². The molecule has 3 aromatic carbocycles. The van der Waals surface area contributed by atoms with Crippen LogP contribution < -0.4 is 10.5 Å². The third kappa shape index (κ3) is 5.41. The number of imidazole rings is 1. The molecule has 0 saturated heterocycles. The van der Waals surface area contributed by atoms with Gasteiger partial charge in [0.15, 0.2) is 5.65 Å². The Morgan fingerprint density at radius 1 is 0.951 bits per heavy atom. The fourth-order valence-corrected chi connectivity index (χ4v) is 4.84. The zero-order chi connectivity index (χ0) is 28.5. The number of nitrogens with one attached hydrogen (secondary N) is 1. The van der Waals surface area contributed by atoms with Crippen molar-refractivity contribution in [1.29, 1.82) is 0 Å². The summed E-state index contributed by atoms with van der Waals surface area (Å²) in [6, 6.07) is 25.0. The standard InChI is InChI=1S/C31H25ClN6O3/c1-18-2-11-23(16-24(18)30(39)40)41-31-34-27-17-25(32)28(35-29(27)36-31)22-9-5-20(6-10-22)19-3-7-21(8-4-19)26-12-14-38(37-26)15-13-33/h2-12,14,16-17H,13,15,33H2,1H3,(H,39,40)(H,34,35,36). The minimum absolute atomic E-state index is 0.163. The van der Waals surface area contributed by atoms with Crippen LogP contribution in [0.4, 0.5) is 0 Å². The molecule has 6 rings (SSSR count). The first-order chi connectivity index (χ1) is 19.9. The van der Waals surface area contributed by atoms with E-state index in [-0.39, 0.29) is 11.6 Å². The van der Waals surface area contributed by atoms with Crippen molar-refractivity contribution in [3.8, 4) is 45.4 Å². The fourth-order valence-electron chi connectivity index (χ4n) is 4.58. The maximum atomic E-state index is 11.5. The van der Waals surface area contributed by atoms with E-state index in [0.717, 1.165) is 27.9 Å². The number of hydrogen-bond donors (Lipinski definition) is 3. The smallest absolute Gasteiger partial charge is 0.336 e. The number of aromatic carboxylic acids is 1. The van der Waals surface area contributed by atoms with E-state index in [9.17, 15) is 9.90 Å². The number of pyridine rings is 1. The van der Waals surface area contributed by atoms with Crippen LogP contribution in [0.1, 0.15) is 15.9 Å². The molecule has 0 spiro atoms. The largest absolute Gasteiger partial charge is 0.478 e. The third-order valence-electron chi connectivity index (χ3n) is 6.73. The van der Waals surface area contributed by atoms with Gasteiger partial charge in [-0.2, -0.15) is 10.1 Å². The molecule has 10 heteroatoms. The number of nitrogens with zero attached hydrogens (tertiary/aromatic N) is 4. The number of ether oxygens (including phenoxy) is 1. The lowest BCUT2D eigenvalue weighted by Crippen LogP contribution is -2.09. The molecule has 41 heavy (non-hydrogen) atoms. The minimum Gasteiger partial charge on any atom is -0.478 e. The number of fused-ring (bicyclic) bond motifs is 1. The zero-order valence-corrected chi connectivity index (χ0v) is 22.8. The van der Waals surface area contributed by atoms with Crippen molar-refractivity contribution in [3.63, 3.8) is 0 Å². The van der Waals surface area contributed by atoms with Crippen molar-refractivity contribution in [2.45, 2.75) is 13.5 Å². The second kappa shape index (κ2) is 10.9. The van der Waals surface area contributed by atoms with Gasteiger partial charge in [-0.25, -0.2) is 9.78 Å².